The molecule has 0 aliphatic carbocycles. The van der Waals surface area contributed by atoms with Gasteiger partial charge in [-0.15, -0.1) is 0 Å². The molecule has 66 valence electrons. The Morgan fingerprint density at radius 2 is 1.45 bits per heavy atom. The first-order chi connectivity index (χ1) is 5.33. The number of hydrogen-bond donors (Lipinski definition) is 1. The van der Waals surface area contributed by atoms with Crippen LogP contribution in [0.5, 0.6) is 0 Å². The molecule has 0 aliphatic rings. The van der Waals surface area contributed by atoms with E-state index in [-0.39, 0.29) is 0 Å². The predicted octanol–water partition coefficient (Wildman–Crippen LogP) is 3.03. The smallest absolute Gasteiger partial charge is 0.283 e. The SMILES string of the molecule is CCCSSCCC.N#CO. The van der Waals surface area contributed by atoms with Crippen LogP contribution < -0.4 is 0 Å². The monoisotopic (exact) mass is 193 g/mol. The van der Waals surface area contributed by atoms with Gasteiger partial charge in [-0.3, -0.25) is 0 Å². The molecule has 0 saturated carbocycles. The molecular weight excluding hydrogens is 178 g/mol. The highest BCUT2D eigenvalue weighted by atomic mass is 33.1. The molecule has 0 atom stereocenters. The number of hydrogen-bond acceptors (Lipinski definition) is 4. The summed E-state index contributed by atoms with van der Waals surface area (Å²) in [5, 5.41) is 13.8. The first kappa shape index (κ1) is 13.6. The molecule has 0 aliphatic heterocycles. The lowest BCUT2D eigenvalue weighted by atomic mass is 10.6. The van der Waals surface area contributed by atoms with Gasteiger partial charge in [0.15, 0.2) is 0 Å². The maximum absolute atomic E-state index is 6.88. The van der Waals surface area contributed by atoms with Crippen molar-refractivity contribution in [2.45, 2.75) is 26.7 Å². The van der Waals surface area contributed by atoms with Gasteiger partial charge in [0, 0.05) is 11.5 Å². The van der Waals surface area contributed by atoms with Crippen molar-refractivity contribution in [2.24, 2.45) is 0 Å². The van der Waals surface area contributed by atoms with E-state index in [1.54, 1.807) is 0 Å². The third kappa shape index (κ3) is 25.6. The molecule has 0 spiro atoms. The van der Waals surface area contributed by atoms with Gasteiger partial charge in [-0.2, -0.15) is 5.26 Å². The van der Waals surface area contributed by atoms with E-state index in [2.05, 4.69) is 13.8 Å². The highest BCUT2D eigenvalue weighted by molar-refractivity contribution is 8.76. The zero-order chi connectivity index (χ0) is 8.95. The van der Waals surface area contributed by atoms with Gasteiger partial charge in [0.25, 0.3) is 6.26 Å². The predicted molar refractivity (Wildman–Crippen MR) is 53.0 cm³/mol. The molecule has 0 bridgehead atoms. The van der Waals surface area contributed by atoms with Gasteiger partial charge in [-0.25, -0.2) is 0 Å². The van der Waals surface area contributed by atoms with Crippen LogP contribution in [0.1, 0.15) is 26.7 Å². The van der Waals surface area contributed by atoms with Crippen molar-refractivity contribution in [3.05, 3.63) is 0 Å². The normalized spacial score (nSPS) is 7.73. The lowest BCUT2D eigenvalue weighted by Gasteiger charge is -1.93. The fourth-order valence-electron chi connectivity index (χ4n) is 0.285. The lowest BCUT2D eigenvalue weighted by Crippen LogP contribution is -1.70. The molecule has 4 heteroatoms. The molecule has 1 N–H and O–H groups in total. The molecule has 0 aromatic rings. The van der Waals surface area contributed by atoms with Crippen molar-refractivity contribution in [1.29, 1.82) is 5.26 Å². The van der Waals surface area contributed by atoms with Crippen LogP contribution in [0.4, 0.5) is 0 Å². The molecule has 11 heavy (non-hydrogen) atoms. The van der Waals surface area contributed by atoms with E-state index in [9.17, 15) is 0 Å². The number of nitrogens with zero attached hydrogens (tertiary/aromatic N) is 1. The Labute approximate surface area is 76.8 Å². The van der Waals surface area contributed by atoms with Crippen molar-refractivity contribution >= 4 is 21.6 Å². The summed E-state index contributed by atoms with van der Waals surface area (Å²) in [5.41, 5.74) is 0. The Balaban J connectivity index is 0. The summed E-state index contributed by atoms with van der Waals surface area (Å²) in [6, 6.07) is 0. The number of aliphatic hydroxyl groups is 1. The van der Waals surface area contributed by atoms with Gasteiger partial charge in [-0.05, 0) is 12.8 Å². The summed E-state index contributed by atoms with van der Waals surface area (Å²) >= 11 is 0. The molecule has 0 fully saturated rings. The second-order valence-corrected chi connectivity index (χ2v) is 4.45. The van der Waals surface area contributed by atoms with Crippen LogP contribution in [0.2, 0.25) is 0 Å². The van der Waals surface area contributed by atoms with Crippen LogP contribution in [0.25, 0.3) is 0 Å². The molecule has 0 unspecified atom stereocenters. The maximum atomic E-state index is 6.88. The van der Waals surface area contributed by atoms with Gasteiger partial charge in [-0.1, -0.05) is 35.4 Å². The minimum atomic E-state index is 0.750. The third-order valence-corrected chi connectivity index (χ3v) is 3.47. The Morgan fingerprint density at radius 1 is 1.18 bits per heavy atom. The van der Waals surface area contributed by atoms with Gasteiger partial charge in [0.1, 0.15) is 0 Å². The maximum Gasteiger partial charge on any atom is 0.283 e. The highest BCUT2D eigenvalue weighted by Crippen LogP contribution is 2.21. The fourth-order valence-corrected chi connectivity index (χ4v) is 2.56. The van der Waals surface area contributed by atoms with E-state index >= 15 is 0 Å². The molecule has 0 saturated heterocycles. The summed E-state index contributed by atoms with van der Waals surface area (Å²) in [6.45, 7) is 4.44. The van der Waals surface area contributed by atoms with Crippen LogP contribution in [0.3, 0.4) is 0 Å². The van der Waals surface area contributed by atoms with Crippen molar-refractivity contribution in [3.63, 3.8) is 0 Å². The average molecular weight is 193 g/mol. The Bertz CT molecular complexity index is 86.9. The molecule has 0 aromatic carbocycles. The summed E-state index contributed by atoms with van der Waals surface area (Å²) in [7, 11) is 3.99. The summed E-state index contributed by atoms with van der Waals surface area (Å²) in [5.74, 6) is 2.62. The number of nitriles is 1. The van der Waals surface area contributed by atoms with E-state index in [1.165, 1.54) is 24.3 Å². The van der Waals surface area contributed by atoms with E-state index in [0.717, 1.165) is 6.26 Å². The van der Waals surface area contributed by atoms with E-state index < -0.39 is 0 Å². The first-order valence-corrected chi connectivity index (χ1v) is 6.09. The molecular formula is C7H15NOS2. The second kappa shape index (κ2) is 16.5. The first-order valence-electron chi connectivity index (χ1n) is 3.61. The van der Waals surface area contributed by atoms with Crippen molar-refractivity contribution < 1.29 is 5.11 Å². The minimum Gasteiger partial charge on any atom is -0.443 e. The van der Waals surface area contributed by atoms with Gasteiger partial charge in [0.2, 0.25) is 0 Å². The van der Waals surface area contributed by atoms with Crippen LogP contribution >= 0.6 is 21.6 Å². The Kier molecular flexibility index (Phi) is 20.4. The molecule has 0 heterocycles. The zero-order valence-electron chi connectivity index (χ0n) is 7.04. The summed E-state index contributed by atoms with van der Waals surface area (Å²) in [6.07, 6.45) is 3.36. The quantitative estimate of drug-likeness (QED) is 0.414. The van der Waals surface area contributed by atoms with Gasteiger partial charge in [0.05, 0.1) is 0 Å². The van der Waals surface area contributed by atoms with Crippen LogP contribution in [0, 0.1) is 11.5 Å². The standard InChI is InChI=1S/C6H14S2.CHNO/c1-3-5-7-8-6-4-2;2-1-3/h3-6H2,1-2H3;3H. The molecule has 0 radical (unpaired) electrons. The van der Waals surface area contributed by atoms with Gasteiger partial charge < -0.3 is 5.11 Å². The fraction of sp³-hybridized carbons (Fsp3) is 0.857. The zero-order valence-corrected chi connectivity index (χ0v) is 8.67. The van der Waals surface area contributed by atoms with E-state index in [1.807, 2.05) is 21.6 Å². The minimum absolute atomic E-state index is 0.750. The van der Waals surface area contributed by atoms with E-state index in [4.69, 9.17) is 10.4 Å². The molecule has 0 rings (SSSR count). The second-order valence-electron chi connectivity index (χ2n) is 1.74. The molecule has 2 nitrogen and oxygen atoms in total. The Hall–Kier alpha value is -0.0100. The van der Waals surface area contributed by atoms with Crippen molar-refractivity contribution in [2.75, 3.05) is 11.5 Å². The summed E-state index contributed by atoms with van der Waals surface area (Å²) < 4.78 is 0. The van der Waals surface area contributed by atoms with Gasteiger partial charge >= 0.3 is 0 Å². The molecule has 0 amide bonds. The summed E-state index contributed by atoms with van der Waals surface area (Å²) in [4.78, 5) is 0. The van der Waals surface area contributed by atoms with Crippen LogP contribution in [0.15, 0.2) is 0 Å². The number of rotatable bonds is 5. The number of aliphatic hydroxyl groups excluding tert-OH is 1. The van der Waals surface area contributed by atoms with Crippen LogP contribution in [-0.2, 0) is 0 Å². The van der Waals surface area contributed by atoms with E-state index in [0.29, 0.717) is 0 Å². The topological polar surface area (TPSA) is 44.0 Å². The van der Waals surface area contributed by atoms with Crippen molar-refractivity contribution in [1.82, 2.24) is 0 Å². The lowest BCUT2D eigenvalue weighted by molar-refractivity contribution is 0.503. The Morgan fingerprint density at radius 3 is 1.64 bits per heavy atom. The molecule has 0 aromatic heterocycles. The highest BCUT2D eigenvalue weighted by Gasteiger charge is 1.83. The largest absolute Gasteiger partial charge is 0.443 e. The van der Waals surface area contributed by atoms with Crippen LogP contribution in [-0.4, -0.2) is 16.6 Å². The average Bonchev–Trinajstić information content (AvgIpc) is 2.00. The third-order valence-electron chi connectivity index (χ3n) is 0.658. The van der Waals surface area contributed by atoms with Crippen molar-refractivity contribution in [3.8, 4) is 6.26 Å².